The van der Waals surface area contributed by atoms with Crippen molar-refractivity contribution < 1.29 is 14.4 Å². The molecule has 0 radical (unpaired) electrons. The zero-order valence-corrected chi connectivity index (χ0v) is 14.7. The number of para-hydroxylation sites is 1. The lowest BCUT2D eigenvalue weighted by atomic mass is 10.2. The highest BCUT2D eigenvalue weighted by molar-refractivity contribution is 5.66. The molecule has 0 unspecified atom stereocenters. The molecule has 0 atom stereocenters. The van der Waals surface area contributed by atoms with Crippen LogP contribution in [-0.2, 0) is 6.54 Å². The summed E-state index contributed by atoms with van der Waals surface area (Å²) in [5, 5.41) is 14.5. The second kappa shape index (κ2) is 8.89. The van der Waals surface area contributed by atoms with E-state index in [1.165, 1.54) is 6.07 Å². The maximum Gasteiger partial charge on any atom is 0.313 e. The van der Waals surface area contributed by atoms with Crippen molar-refractivity contribution in [2.45, 2.75) is 6.54 Å². The molecule has 0 aromatic heterocycles. The van der Waals surface area contributed by atoms with Gasteiger partial charge in [0.05, 0.1) is 17.7 Å². The quantitative estimate of drug-likeness (QED) is 0.556. The number of nitro groups is 1. The molecule has 0 heterocycles. The summed E-state index contributed by atoms with van der Waals surface area (Å²) < 4.78 is 10.8. The maximum absolute atomic E-state index is 11.3. The van der Waals surface area contributed by atoms with Gasteiger partial charge in [0, 0.05) is 19.2 Å². The van der Waals surface area contributed by atoms with Crippen molar-refractivity contribution >= 4 is 11.4 Å². The van der Waals surface area contributed by atoms with Crippen molar-refractivity contribution in [2.24, 2.45) is 0 Å². The van der Waals surface area contributed by atoms with Gasteiger partial charge in [0.1, 0.15) is 12.4 Å². The SMILES string of the molecule is COc1ccc(CNc2cccc([N+](=O)[O-])c2OCCN(C)C)cc1. The summed E-state index contributed by atoms with van der Waals surface area (Å²) in [7, 11) is 5.46. The van der Waals surface area contributed by atoms with Gasteiger partial charge >= 0.3 is 5.69 Å². The average molecular weight is 345 g/mol. The summed E-state index contributed by atoms with van der Waals surface area (Å²) in [4.78, 5) is 12.8. The number of nitro benzene ring substituents is 1. The molecule has 0 aliphatic carbocycles. The standard InChI is InChI=1S/C18H23N3O4/c1-20(2)11-12-25-18-16(5-4-6-17(18)21(22)23)19-13-14-7-9-15(24-3)10-8-14/h4-10,19H,11-13H2,1-3H3. The van der Waals surface area contributed by atoms with Crippen LogP contribution in [0.5, 0.6) is 11.5 Å². The number of ether oxygens (including phenoxy) is 2. The van der Waals surface area contributed by atoms with Crippen LogP contribution in [0.15, 0.2) is 42.5 Å². The first kappa shape index (κ1) is 18.5. The van der Waals surface area contributed by atoms with Gasteiger partial charge in [-0.3, -0.25) is 10.1 Å². The molecule has 25 heavy (non-hydrogen) atoms. The highest BCUT2D eigenvalue weighted by atomic mass is 16.6. The van der Waals surface area contributed by atoms with Crippen molar-refractivity contribution in [1.82, 2.24) is 4.90 Å². The lowest BCUT2D eigenvalue weighted by Crippen LogP contribution is -2.20. The van der Waals surface area contributed by atoms with E-state index in [0.717, 1.165) is 11.3 Å². The molecule has 2 rings (SSSR count). The summed E-state index contributed by atoms with van der Waals surface area (Å²) in [6.07, 6.45) is 0. The molecule has 134 valence electrons. The smallest absolute Gasteiger partial charge is 0.313 e. The monoisotopic (exact) mass is 345 g/mol. The van der Waals surface area contributed by atoms with Crippen LogP contribution in [0.4, 0.5) is 11.4 Å². The number of anilines is 1. The van der Waals surface area contributed by atoms with Gasteiger partial charge in [0.25, 0.3) is 0 Å². The molecule has 0 fully saturated rings. The second-order valence-electron chi connectivity index (χ2n) is 5.76. The number of methoxy groups -OCH3 is 1. The first-order chi connectivity index (χ1) is 12.0. The van der Waals surface area contributed by atoms with Crippen LogP contribution < -0.4 is 14.8 Å². The molecule has 0 saturated heterocycles. The molecule has 0 amide bonds. The first-order valence-corrected chi connectivity index (χ1v) is 7.93. The Morgan fingerprint density at radius 1 is 1.16 bits per heavy atom. The third kappa shape index (κ3) is 5.36. The largest absolute Gasteiger partial charge is 0.497 e. The van der Waals surface area contributed by atoms with E-state index in [9.17, 15) is 10.1 Å². The zero-order valence-electron chi connectivity index (χ0n) is 14.7. The molecular formula is C18H23N3O4. The van der Waals surface area contributed by atoms with Crippen LogP contribution in [0.25, 0.3) is 0 Å². The van der Waals surface area contributed by atoms with Crippen LogP contribution in [0.1, 0.15) is 5.56 Å². The molecule has 0 aliphatic rings. The van der Waals surface area contributed by atoms with Gasteiger partial charge in [-0.1, -0.05) is 18.2 Å². The minimum Gasteiger partial charge on any atom is -0.497 e. The summed E-state index contributed by atoms with van der Waals surface area (Å²) >= 11 is 0. The minimum atomic E-state index is -0.427. The Morgan fingerprint density at radius 2 is 1.88 bits per heavy atom. The lowest BCUT2D eigenvalue weighted by Gasteiger charge is -2.15. The topological polar surface area (TPSA) is 76.9 Å². The molecule has 2 aromatic rings. The number of nitrogens with zero attached hydrogens (tertiary/aromatic N) is 2. The summed E-state index contributed by atoms with van der Waals surface area (Å²) in [5.74, 6) is 1.05. The fourth-order valence-corrected chi connectivity index (χ4v) is 2.23. The predicted molar refractivity (Wildman–Crippen MR) is 97.5 cm³/mol. The van der Waals surface area contributed by atoms with Crippen LogP contribution >= 0.6 is 0 Å². The Balaban J connectivity index is 2.14. The van der Waals surface area contributed by atoms with Crippen molar-refractivity contribution in [2.75, 3.05) is 39.7 Å². The van der Waals surface area contributed by atoms with Gasteiger partial charge in [-0.05, 0) is 37.9 Å². The highest BCUT2D eigenvalue weighted by Gasteiger charge is 2.19. The van der Waals surface area contributed by atoms with Crippen molar-refractivity contribution in [1.29, 1.82) is 0 Å². The predicted octanol–water partition coefficient (Wildman–Crippen LogP) is 3.16. The van der Waals surface area contributed by atoms with E-state index in [0.29, 0.717) is 25.4 Å². The molecule has 7 heteroatoms. The molecule has 1 N–H and O–H groups in total. The van der Waals surface area contributed by atoms with Gasteiger partial charge in [-0.2, -0.15) is 0 Å². The molecular weight excluding hydrogens is 322 g/mol. The summed E-state index contributed by atoms with van der Waals surface area (Å²) in [6.45, 7) is 1.56. The Labute approximate surface area is 147 Å². The van der Waals surface area contributed by atoms with Gasteiger partial charge in [0.15, 0.2) is 0 Å². The fraction of sp³-hybridized carbons (Fsp3) is 0.333. The maximum atomic E-state index is 11.3. The van der Waals surface area contributed by atoms with Gasteiger partial charge in [-0.25, -0.2) is 0 Å². The number of hydrogen-bond acceptors (Lipinski definition) is 6. The molecule has 0 bridgehead atoms. The molecule has 7 nitrogen and oxygen atoms in total. The number of nitrogens with one attached hydrogen (secondary N) is 1. The third-order valence-electron chi connectivity index (χ3n) is 3.62. The summed E-state index contributed by atoms with van der Waals surface area (Å²) in [6, 6.07) is 12.5. The van der Waals surface area contributed by atoms with E-state index in [2.05, 4.69) is 5.32 Å². The van der Waals surface area contributed by atoms with E-state index < -0.39 is 4.92 Å². The fourth-order valence-electron chi connectivity index (χ4n) is 2.23. The number of rotatable bonds is 9. The van der Waals surface area contributed by atoms with Gasteiger partial charge in [0.2, 0.25) is 5.75 Å². The van der Waals surface area contributed by atoms with E-state index in [1.54, 1.807) is 19.2 Å². The minimum absolute atomic E-state index is 0.0431. The molecule has 0 aliphatic heterocycles. The Bertz CT molecular complexity index is 702. The molecule has 0 saturated carbocycles. The van der Waals surface area contributed by atoms with Crippen LogP contribution in [0.3, 0.4) is 0 Å². The number of hydrogen-bond donors (Lipinski definition) is 1. The van der Waals surface area contributed by atoms with Crippen molar-refractivity contribution in [3.05, 3.63) is 58.1 Å². The molecule has 0 spiro atoms. The van der Waals surface area contributed by atoms with Crippen LogP contribution in [-0.4, -0.2) is 44.2 Å². The Kier molecular flexibility index (Phi) is 6.59. The average Bonchev–Trinajstić information content (AvgIpc) is 2.60. The summed E-state index contributed by atoms with van der Waals surface area (Å²) in [5.41, 5.74) is 1.59. The number of likely N-dealkylation sites (N-methyl/N-ethyl adjacent to an activating group) is 1. The normalized spacial score (nSPS) is 10.6. The lowest BCUT2D eigenvalue weighted by molar-refractivity contribution is -0.385. The second-order valence-corrected chi connectivity index (χ2v) is 5.76. The Hall–Kier alpha value is -2.80. The number of benzene rings is 2. The van der Waals surface area contributed by atoms with Crippen LogP contribution in [0.2, 0.25) is 0 Å². The highest BCUT2D eigenvalue weighted by Crippen LogP contribution is 2.35. The van der Waals surface area contributed by atoms with Crippen molar-refractivity contribution in [3.63, 3.8) is 0 Å². The first-order valence-electron chi connectivity index (χ1n) is 7.93. The third-order valence-corrected chi connectivity index (χ3v) is 3.62. The van der Waals surface area contributed by atoms with Crippen molar-refractivity contribution in [3.8, 4) is 11.5 Å². The van der Waals surface area contributed by atoms with Gasteiger partial charge in [-0.15, -0.1) is 0 Å². The Morgan fingerprint density at radius 3 is 2.48 bits per heavy atom. The van der Waals surface area contributed by atoms with E-state index >= 15 is 0 Å². The van der Waals surface area contributed by atoms with E-state index in [1.807, 2.05) is 43.3 Å². The van der Waals surface area contributed by atoms with Crippen LogP contribution in [0, 0.1) is 10.1 Å². The zero-order chi connectivity index (χ0) is 18.2. The molecule has 2 aromatic carbocycles. The van der Waals surface area contributed by atoms with Gasteiger partial charge < -0.3 is 19.7 Å². The van der Waals surface area contributed by atoms with E-state index in [-0.39, 0.29) is 11.4 Å². The van der Waals surface area contributed by atoms with E-state index in [4.69, 9.17) is 9.47 Å².